The van der Waals surface area contributed by atoms with E-state index in [9.17, 15) is 17.9 Å². The van der Waals surface area contributed by atoms with E-state index in [1.54, 1.807) is 19.1 Å². The molecule has 0 saturated carbocycles. The Labute approximate surface area is 127 Å². The molecule has 1 aromatic heterocycles. The van der Waals surface area contributed by atoms with Gasteiger partial charge in [-0.2, -0.15) is 0 Å². The van der Waals surface area contributed by atoms with Crippen molar-refractivity contribution in [2.24, 2.45) is 0 Å². The predicted molar refractivity (Wildman–Crippen MR) is 80.3 cm³/mol. The quantitative estimate of drug-likeness (QED) is 0.886. The number of aliphatic hydroxyl groups excluding tert-OH is 1. The Morgan fingerprint density at radius 3 is 2.57 bits per heavy atom. The lowest BCUT2D eigenvalue weighted by atomic mass is 10.1. The molecule has 2 aromatic rings. The van der Waals surface area contributed by atoms with Gasteiger partial charge in [-0.3, -0.25) is 0 Å². The number of thiophene rings is 1. The smallest absolute Gasteiger partial charge is 0.241 e. The Morgan fingerprint density at radius 2 is 2.00 bits per heavy atom. The highest BCUT2D eigenvalue weighted by Crippen LogP contribution is 2.25. The monoisotopic (exact) mass is 329 g/mol. The zero-order valence-electron chi connectivity index (χ0n) is 11.6. The first-order valence-corrected chi connectivity index (χ1v) is 8.60. The molecule has 0 unspecified atom stereocenters. The van der Waals surface area contributed by atoms with Crippen LogP contribution in [0.2, 0.25) is 0 Å². The van der Waals surface area contributed by atoms with Crippen LogP contribution in [-0.4, -0.2) is 20.1 Å². The molecule has 0 radical (unpaired) electrons. The lowest BCUT2D eigenvalue weighted by Crippen LogP contribution is -2.29. The first-order valence-electron chi connectivity index (χ1n) is 6.30. The van der Waals surface area contributed by atoms with Crippen molar-refractivity contribution in [2.75, 3.05) is 6.54 Å². The number of aryl methyl sites for hydroxylation is 2. The number of hydrogen-bond acceptors (Lipinski definition) is 4. The van der Waals surface area contributed by atoms with E-state index in [1.807, 2.05) is 6.92 Å². The summed E-state index contributed by atoms with van der Waals surface area (Å²) < 4.78 is 40.2. The van der Waals surface area contributed by atoms with Gasteiger partial charge in [0.05, 0.1) is 11.0 Å². The summed E-state index contributed by atoms with van der Waals surface area (Å²) in [6, 6.07) is 7.32. The fraction of sp³-hybridized carbons (Fsp3) is 0.286. The summed E-state index contributed by atoms with van der Waals surface area (Å²) in [5.41, 5.74) is 0.0680. The molecule has 0 spiro atoms. The van der Waals surface area contributed by atoms with Gasteiger partial charge < -0.3 is 5.11 Å². The van der Waals surface area contributed by atoms with Gasteiger partial charge in [-0.25, -0.2) is 17.5 Å². The second-order valence-corrected chi connectivity index (χ2v) is 7.86. The van der Waals surface area contributed by atoms with Gasteiger partial charge >= 0.3 is 0 Å². The van der Waals surface area contributed by atoms with Crippen LogP contribution in [0.25, 0.3) is 0 Å². The molecular formula is C14H16FNO3S2. The molecule has 0 aliphatic carbocycles. The van der Waals surface area contributed by atoms with Gasteiger partial charge in [-0.05, 0) is 26.0 Å². The van der Waals surface area contributed by atoms with Gasteiger partial charge in [0.1, 0.15) is 5.82 Å². The average Bonchev–Trinajstić information content (AvgIpc) is 2.76. The van der Waals surface area contributed by atoms with Crippen LogP contribution in [0.5, 0.6) is 0 Å². The summed E-state index contributed by atoms with van der Waals surface area (Å²) in [7, 11) is -3.71. The highest BCUT2D eigenvalue weighted by Gasteiger charge is 2.21. The molecule has 114 valence electrons. The largest absolute Gasteiger partial charge is 0.387 e. The van der Waals surface area contributed by atoms with Crippen LogP contribution in [0.4, 0.5) is 4.39 Å². The van der Waals surface area contributed by atoms with Crippen molar-refractivity contribution >= 4 is 21.4 Å². The van der Waals surface area contributed by atoms with E-state index < -0.39 is 21.9 Å². The van der Waals surface area contributed by atoms with Crippen molar-refractivity contribution in [3.05, 3.63) is 51.5 Å². The summed E-state index contributed by atoms with van der Waals surface area (Å²) >= 11 is 1.39. The number of nitrogens with one attached hydrogen (secondary N) is 1. The van der Waals surface area contributed by atoms with Crippen molar-refractivity contribution in [1.29, 1.82) is 0 Å². The highest BCUT2D eigenvalue weighted by molar-refractivity contribution is 7.89. The first kappa shape index (κ1) is 16.1. The molecule has 0 bridgehead atoms. The van der Waals surface area contributed by atoms with Gasteiger partial charge in [-0.15, -0.1) is 11.3 Å². The molecule has 4 nitrogen and oxygen atoms in total. The maximum absolute atomic E-state index is 13.5. The molecule has 1 atom stereocenters. The number of aliphatic hydroxyl groups is 1. The zero-order chi connectivity index (χ0) is 15.6. The molecule has 0 saturated heterocycles. The van der Waals surface area contributed by atoms with Crippen LogP contribution in [0.3, 0.4) is 0 Å². The van der Waals surface area contributed by atoms with Crippen molar-refractivity contribution in [1.82, 2.24) is 4.72 Å². The average molecular weight is 329 g/mol. The van der Waals surface area contributed by atoms with Crippen molar-refractivity contribution in [3.8, 4) is 0 Å². The van der Waals surface area contributed by atoms with Gasteiger partial charge in [0.25, 0.3) is 0 Å². The molecule has 0 fully saturated rings. The number of rotatable bonds is 5. The van der Waals surface area contributed by atoms with Gasteiger partial charge in [0, 0.05) is 21.9 Å². The Hall–Kier alpha value is -1.28. The zero-order valence-corrected chi connectivity index (χ0v) is 13.3. The Balaban J connectivity index is 2.12. The van der Waals surface area contributed by atoms with Crippen LogP contribution in [0.15, 0.2) is 35.2 Å². The van der Waals surface area contributed by atoms with Crippen molar-refractivity contribution in [2.45, 2.75) is 24.8 Å². The molecule has 0 aliphatic heterocycles. The van der Waals surface area contributed by atoms with Gasteiger partial charge in [0.2, 0.25) is 10.0 Å². The standard InChI is InChI=1S/C14H16FNO3S2/c1-9-7-14(10(2)20-9)21(18,19)16-8-13(17)11-5-3-4-6-12(11)15/h3-7,13,16-17H,8H2,1-2H3/t13-/m1/s1. The third kappa shape index (κ3) is 3.68. The van der Waals surface area contributed by atoms with E-state index in [0.717, 1.165) is 4.88 Å². The summed E-state index contributed by atoms with van der Waals surface area (Å²) in [6.45, 7) is 3.27. The lowest BCUT2D eigenvalue weighted by molar-refractivity contribution is 0.177. The van der Waals surface area contributed by atoms with Crippen LogP contribution in [-0.2, 0) is 10.0 Å². The van der Waals surface area contributed by atoms with Crippen LogP contribution >= 0.6 is 11.3 Å². The van der Waals surface area contributed by atoms with E-state index in [-0.39, 0.29) is 17.0 Å². The fourth-order valence-corrected chi connectivity index (χ4v) is 4.59. The van der Waals surface area contributed by atoms with E-state index in [1.165, 1.54) is 29.5 Å². The van der Waals surface area contributed by atoms with Crippen molar-refractivity contribution in [3.63, 3.8) is 0 Å². The van der Waals surface area contributed by atoms with Gasteiger partial charge in [0.15, 0.2) is 0 Å². The molecular weight excluding hydrogens is 313 g/mol. The molecule has 0 amide bonds. The lowest BCUT2D eigenvalue weighted by Gasteiger charge is -2.13. The molecule has 1 heterocycles. The summed E-state index contributed by atoms with van der Waals surface area (Å²) in [4.78, 5) is 1.77. The minimum atomic E-state index is -3.71. The van der Waals surface area contributed by atoms with Crippen molar-refractivity contribution < 1.29 is 17.9 Å². The van der Waals surface area contributed by atoms with Crippen LogP contribution in [0, 0.1) is 19.7 Å². The second kappa shape index (κ2) is 6.23. The first-order chi connectivity index (χ1) is 9.81. The molecule has 0 aliphatic rings. The summed E-state index contributed by atoms with van der Waals surface area (Å²) in [6.07, 6.45) is -1.24. The summed E-state index contributed by atoms with van der Waals surface area (Å²) in [5, 5.41) is 9.92. The minimum absolute atomic E-state index is 0.0680. The third-order valence-electron chi connectivity index (χ3n) is 3.02. The molecule has 21 heavy (non-hydrogen) atoms. The molecule has 2 rings (SSSR count). The van der Waals surface area contributed by atoms with E-state index in [0.29, 0.717) is 4.88 Å². The SMILES string of the molecule is Cc1cc(S(=O)(=O)NC[C@@H](O)c2ccccc2F)c(C)s1. The van der Waals surface area contributed by atoms with Crippen LogP contribution < -0.4 is 4.72 Å². The van der Waals surface area contributed by atoms with Crippen LogP contribution in [0.1, 0.15) is 21.4 Å². The Bertz CT molecular complexity index is 740. The Morgan fingerprint density at radius 1 is 1.33 bits per heavy atom. The third-order valence-corrected chi connectivity index (χ3v) is 5.66. The van der Waals surface area contributed by atoms with E-state index in [2.05, 4.69) is 4.72 Å². The second-order valence-electron chi connectivity index (χ2n) is 4.67. The molecule has 2 N–H and O–H groups in total. The number of halogens is 1. The number of hydrogen-bond donors (Lipinski definition) is 2. The number of benzene rings is 1. The minimum Gasteiger partial charge on any atom is -0.387 e. The number of sulfonamides is 1. The maximum atomic E-state index is 13.5. The highest BCUT2D eigenvalue weighted by atomic mass is 32.2. The predicted octanol–water partition coefficient (Wildman–Crippen LogP) is 2.52. The fourth-order valence-electron chi connectivity index (χ4n) is 2.00. The Kier molecular flexibility index (Phi) is 4.77. The summed E-state index contributed by atoms with van der Waals surface area (Å²) in [5.74, 6) is -0.563. The van der Waals surface area contributed by atoms with E-state index in [4.69, 9.17) is 0 Å². The molecule has 7 heteroatoms. The van der Waals surface area contributed by atoms with E-state index >= 15 is 0 Å². The topological polar surface area (TPSA) is 66.4 Å². The maximum Gasteiger partial charge on any atom is 0.241 e. The van der Waals surface area contributed by atoms with Gasteiger partial charge in [-0.1, -0.05) is 18.2 Å². The molecule has 1 aromatic carbocycles. The normalized spacial score (nSPS) is 13.3.